The molecule has 0 heterocycles. The zero-order valence-electron chi connectivity index (χ0n) is 12.4. The zero-order valence-corrected chi connectivity index (χ0v) is 12.4. The minimum absolute atomic E-state index is 0.203. The van der Waals surface area contributed by atoms with Crippen molar-refractivity contribution in [3.05, 3.63) is 29.8 Å². The number of amides is 2. The maximum Gasteiger partial charge on any atom is 0.338 e. The van der Waals surface area contributed by atoms with Crippen molar-refractivity contribution < 1.29 is 14.3 Å². The number of urea groups is 1. The molecule has 114 valence electrons. The lowest BCUT2D eigenvalue weighted by Gasteiger charge is -2.11. The Morgan fingerprint density at radius 2 is 1.86 bits per heavy atom. The molecule has 0 bridgehead atoms. The first-order chi connectivity index (χ1) is 10.2. The quantitative estimate of drug-likeness (QED) is 0.818. The highest BCUT2D eigenvalue weighted by Gasteiger charge is 2.15. The lowest BCUT2D eigenvalue weighted by atomic mass is 10.1. The Morgan fingerprint density at radius 3 is 2.48 bits per heavy atom. The van der Waals surface area contributed by atoms with E-state index in [1.165, 1.54) is 25.7 Å². The Bertz CT molecular complexity index is 479. The number of ether oxygens (including phenoxy) is 1. The van der Waals surface area contributed by atoms with E-state index in [0.717, 1.165) is 6.54 Å². The fraction of sp³-hybridized carbons (Fsp3) is 0.500. The van der Waals surface area contributed by atoms with E-state index in [1.807, 2.05) is 0 Å². The SMILES string of the molecule is CCOC(=O)c1ccc(NC(=O)NCC2CCCC2)cc1. The van der Waals surface area contributed by atoms with Gasteiger partial charge in [0.1, 0.15) is 0 Å². The van der Waals surface area contributed by atoms with Crippen molar-refractivity contribution in [1.82, 2.24) is 5.32 Å². The Balaban J connectivity index is 1.79. The average Bonchev–Trinajstić information content (AvgIpc) is 2.99. The van der Waals surface area contributed by atoms with Crippen molar-refractivity contribution in [3.63, 3.8) is 0 Å². The van der Waals surface area contributed by atoms with Crippen LogP contribution in [0.15, 0.2) is 24.3 Å². The molecule has 1 fully saturated rings. The summed E-state index contributed by atoms with van der Waals surface area (Å²) in [4.78, 5) is 23.3. The minimum Gasteiger partial charge on any atom is -0.462 e. The molecule has 2 amide bonds. The van der Waals surface area contributed by atoms with Crippen LogP contribution in [0.1, 0.15) is 43.0 Å². The molecule has 1 saturated carbocycles. The van der Waals surface area contributed by atoms with Crippen molar-refractivity contribution in [3.8, 4) is 0 Å². The summed E-state index contributed by atoms with van der Waals surface area (Å²) in [6, 6.07) is 6.48. The summed E-state index contributed by atoms with van der Waals surface area (Å²) in [6.45, 7) is 2.84. The number of nitrogens with one attached hydrogen (secondary N) is 2. The van der Waals surface area contributed by atoms with Crippen LogP contribution in [0.25, 0.3) is 0 Å². The molecule has 1 aliphatic carbocycles. The molecule has 5 heteroatoms. The molecule has 1 aromatic carbocycles. The molecule has 0 aliphatic heterocycles. The van der Waals surface area contributed by atoms with Gasteiger partial charge in [-0.15, -0.1) is 0 Å². The molecule has 0 spiro atoms. The summed E-state index contributed by atoms with van der Waals surface area (Å²) in [5.74, 6) is 0.261. The Morgan fingerprint density at radius 1 is 1.19 bits per heavy atom. The topological polar surface area (TPSA) is 67.4 Å². The van der Waals surface area contributed by atoms with Crippen LogP contribution in [0.2, 0.25) is 0 Å². The van der Waals surface area contributed by atoms with Crippen molar-refractivity contribution in [2.75, 3.05) is 18.5 Å². The number of carbonyl (C=O) groups is 2. The molecule has 1 aliphatic rings. The number of hydrogen-bond acceptors (Lipinski definition) is 3. The van der Waals surface area contributed by atoms with Gasteiger partial charge in [-0.05, 0) is 49.9 Å². The minimum atomic E-state index is -0.352. The van der Waals surface area contributed by atoms with Gasteiger partial charge in [0.25, 0.3) is 0 Å². The van der Waals surface area contributed by atoms with Crippen LogP contribution in [0.5, 0.6) is 0 Å². The third-order valence-corrected chi connectivity index (χ3v) is 3.68. The van der Waals surface area contributed by atoms with E-state index in [2.05, 4.69) is 10.6 Å². The molecule has 2 N–H and O–H groups in total. The second-order valence-electron chi connectivity index (χ2n) is 5.28. The summed E-state index contributed by atoms with van der Waals surface area (Å²) in [5.41, 5.74) is 1.14. The number of benzene rings is 1. The van der Waals surface area contributed by atoms with Gasteiger partial charge in [0, 0.05) is 12.2 Å². The largest absolute Gasteiger partial charge is 0.462 e. The van der Waals surface area contributed by atoms with Gasteiger partial charge in [-0.3, -0.25) is 0 Å². The van der Waals surface area contributed by atoms with Gasteiger partial charge in [-0.2, -0.15) is 0 Å². The summed E-state index contributed by atoms with van der Waals surface area (Å²) in [7, 11) is 0. The Kier molecular flexibility index (Phi) is 5.60. The van der Waals surface area contributed by atoms with E-state index in [-0.39, 0.29) is 12.0 Å². The van der Waals surface area contributed by atoms with Crippen molar-refractivity contribution >= 4 is 17.7 Å². The lowest BCUT2D eigenvalue weighted by Crippen LogP contribution is -2.32. The van der Waals surface area contributed by atoms with E-state index in [0.29, 0.717) is 23.8 Å². The van der Waals surface area contributed by atoms with E-state index in [4.69, 9.17) is 4.74 Å². The average molecular weight is 290 g/mol. The van der Waals surface area contributed by atoms with Crippen LogP contribution in [0.4, 0.5) is 10.5 Å². The maximum absolute atomic E-state index is 11.8. The molecule has 0 unspecified atom stereocenters. The summed E-state index contributed by atoms with van der Waals surface area (Å²) < 4.78 is 4.91. The predicted molar refractivity (Wildman–Crippen MR) is 81.4 cm³/mol. The van der Waals surface area contributed by atoms with Gasteiger partial charge in [0.2, 0.25) is 0 Å². The van der Waals surface area contributed by atoms with Crippen LogP contribution in [0, 0.1) is 5.92 Å². The fourth-order valence-corrected chi connectivity index (χ4v) is 2.53. The third kappa shape index (κ3) is 4.77. The van der Waals surface area contributed by atoms with Gasteiger partial charge in [0.05, 0.1) is 12.2 Å². The molecule has 5 nitrogen and oxygen atoms in total. The number of hydrogen-bond donors (Lipinski definition) is 2. The lowest BCUT2D eigenvalue weighted by molar-refractivity contribution is 0.0526. The maximum atomic E-state index is 11.8. The van der Waals surface area contributed by atoms with Crippen molar-refractivity contribution in [2.45, 2.75) is 32.6 Å². The predicted octanol–water partition coefficient (Wildman–Crippen LogP) is 3.18. The number of carbonyl (C=O) groups excluding carboxylic acids is 2. The van der Waals surface area contributed by atoms with Gasteiger partial charge >= 0.3 is 12.0 Å². The monoisotopic (exact) mass is 290 g/mol. The number of rotatable bonds is 5. The first kappa shape index (κ1) is 15.4. The molecule has 0 aromatic heterocycles. The van der Waals surface area contributed by atoms with Crippen LogP contribution < -0.4 is 10.6 Å². The number of anilines is 1. The van der Waals surface area contributed by atoms with Gasteiger partial charge in [-0.1, -0.05) is 12.8 Å². The van der Waals surface area contributed by atoms with Crippen molar-refractivity contribution in [1.29, 1.82) is 0 Å². The van der Waals surface area contributed by atoms with Gasteiger partial charge in [-0.25, -0.2) is 9.59 Å². The highest BCUT2D eigenvalue weighted by atomic mass is 16.5. The standard InChI is InChI=1S/C16H22N2O3/c1-2-21-15(19)13-7-9-14(10-8-13)18-16(20)17-11-12-5-3-4-6-12/h7-10,12H,2-6,11H2,1H3,(H2,17,18,20). The van der Waals surface area contributed by atoms with E-state index >= 15 is 0 Å². The second-order valence-corrected chi connectivity index (χ2v) is 5.28. The third-order valence-electron chi connectivity index (χ3n) is 3.68. The van der Waals surface area contributed by atoms with Crippen molar-refractivity contribution in [2.24, 2.45) is 5.92 Å². The molecule has 0 radical (unpaired) electrons. The molecule has 0 atom stereocenters. The van der Waals surface area contributed by atoms with E-state index in [9.17, 15) is 9.59 Å². The molecule has 1 aromatic rings. The van der Waals surface area contributed by atoms with E-state index in [1.54, 1.807) is 31.2 Å². The Hall–Kier alpha value is -2.04. The smallest absolute Gasteiger partial charge is 0.338 e. The van der Waals surface area contributed by atoms with Gasteiger partial charge in [0.15, 0.2) is 0 Å². The summed E-state index contributed by atoms with van der Waals surface area (Å²) >= 11 is 0. The fourth-order valence-electron chi connectivity index (χ4n) is 2.53. The normalized spacial score (nSPS) is 14.7. The van der Waals surface area contributed by atoms with Gasteiger partial charge < -0.3 is 15.4 Å². The summed E-state index contributed by atoms with van der Waals surface area (Å²) in [6.07, 6.45) is 4.94. The summed E-state index contributed by atoms with van der Waals surface area (Å²) in [5, 5.41) is 5.65. The molecular formula is C16H22N2O3. The van der Waals surface area contributed by atoms with Crippen LogP contribution in [0.3, 0.4) is 0 Å². The first-order valence-electron chi connectivity index (χ1n) is 7.51. The second kappa shape index (κ2) is 7.67. The van der Waals surface area contributed by atoms with Crippen LogP contribution in [-0.2, 0) is 4.74 Å². The Labute approximate surface area is 125 Å². The van der Waals surface area contributed by atoms with Crippen LogP contribution >= 0.6 is 0 Å². The molecule has 21 heavy (non-hydrogen) atoms. The highest BCUT2D eigenvalue weighted by Crippen LogP contribution is 2.23. The highest BCUT2D eigenvalue weighted by molar-refractivity contribution is 5.92. The first-order valence-corrected chi connectivity index (χ1v) is 7.51. The zero-order chi connectivity index (χ0) is 15.1. The molecule has 0 saturated heterocycles. The molecule has 2 rings (SSSR count). The van der Waals surface area contributed by atoms with Crippen LogP contribution in [-0.4, -0.2) is 25.2 Å². The van der Waals surface area contributed by atoms with E-state index < -0.39 is 0 Å². The molecular weight excluding hydrogens is 268 g/mol. The number of esters is 1.